The lowest BCUT2D eigenvalue weighted by Crippen LogP contribution is -2.48. The van der Waals surface area contributed by atoms with E-state index in [-0.39, 0.29) is 17.2 Å². The van der Waals surface area contributed by atoms with Crippen molar-refractivity contribution in [1.82, 2.24) is 29.0 Å². The van der Waals surface area contributed by atoms with E-state index in [2.05, 4.69) is 35.8 Å². The van der Waals surface area contributed by atoms with Crippen LogP contribution in [-0.4, -0.2) is 73.9 Å². The first-order valence-electron chi connectivity index (χ1n) is 10.1. The normalized spacial score (nSPS) is 17.2. The summed E-state index contributed by atoms with van der Waals surface area (Å²) >= 11 is 1.36. The molecule has 2 aromatic heterocycles. The Hall–Kier alpha value is -2.65. The molecule has 1 unspecified atom stereocenters. The monoisotopic (exact) mass is 426 g/mol. The van der Waals surface area contributed by atoms with Crippen LogP contribution in [0, 0.1) is 0 Å². The molecule has 1 saturated heterocycles. The van der Waals surface area contributed by atoms with Crippen LogP contribution in [0.3, 0.4) is 0 Å². The molecular formula is C21H26N6O2S. The highest BCUT2D eigenvalue weighted by Crippen LogP contribution is 2.23. The first-order valence-corrected chi connectivity index (χ1v) is 11.0. The Kier molecular flexibility index (Phi) is 5.92. The molecule has 8 nitrogen and oxygen atoms in total. The average Bonchev–Trinajstić information content (AvgIpc) is 3.19. The van der Waals surface area contributed by atoms with Crippen LogP contribution in [0.2, 0.25) is 0 Å². The van der Waals surface area contributed by atoms with Crippen LogP contribution in [0.1, 0.15) is 12.8 Å². The van der Waals surface area contributed by atoms with Gasteiger partial charge in [0.25, 0.3) is 5.56 Å². The Morgan fingerprint density at radius 2 is 2.13 bits per heavy atom. The van der Waals surface area contributed by atoms with Gasteiger partial charge in [0.1, 0.15) is 0 Å². The molecule has 0 aliphatic carbocycles. The van der Waals surface area contributed by atoms with Crippen molar-refractivity contribution < 1.29 is 4.79 Å². The van der Waals surface area contributed by atoms with E-state index in [0.29, 0.717) is 28.9 Å². The molecule has 0 spiro atoms. The van der Waals surface area contributed by atoms with E-state index >= 15 is 0 Å². The molecule has 3 aromatic rings. The molecule has 9 heteroatoms. The van der Waals surface area contributed by atoms with E-state index in [1.165, 1.54) is 11.8 Å². The van der Waals surface area contributed by atoms with Gasteiger partial charge in [-0.3, -0.25) is 18.6 Å². The van der Waals surface area contributed by atoms with Gasteiger partial charge in [-0.1, -0.05) is 30.0 Å². The maximum atomic E-state index is 12.9. The predicted octanol–water partition coefficient (Wildman–Crippen LogP) is 1.87. The summed E-state index contributed by atoms with van der Waals surface area (Å²) < 4.78 is 3.41. The van der Waals surface area contributed by atoms with Gasteiger partial charge in [0, 0.05) is 25.7 Å². The van der Waals surface area contributed by atoms with Crippen LogP contribution in [-0.2, 0) is 11.3 Å². The number of rotatable bonds is 6. The molecule has 0 saturated carbocycles. The fourth-order valence-corrected chi connectivity index (χ4v) is 4.78. The number of nitrogens with zero attached hydrogens (tertiary/aromatic N) is 6. The summed E-state index contributed by atoms with van der Waals surface area (Å²) in [7, 11) is 4.12. The third-order valence-electron chi connectivity index (χ3n) is 5.59. The van der Waals surface area contributed by atoms with Crippen molar-refractivity contribution in [2.45, 2.75) is 30.6 Å². The summed E-state index contributed by atoms with van der Waals surface area (Å²) in [6, 6.07) is 7.80. The minimum absolute atomic E-state index is 0.104. The molecule has 0 bridgehead atoms. The maximum Gasteiger partial charge on any atom is 0.263 e. The Morgan fingerprint density at radius 1 is 1.33 bits per heavy atom. The Balaban J connectivity index is 1.63. The number of carbonyl (C=O) groups excluding carboxylic acids is 1. The Labute approximate surface area is 179 Å². The topological polar surface area (TPSA) is 75.7 Å². The van der Waals surface area contributed by atoms with Crippen LogP contribution in [0.25, 0.3) is 16.7 Å². The predicted molar refractivity (Wildman–Crippen MR) is 119 cm³/mol. The average molecular weight is 427 g/mol. The lowest BCUT2D eigenvalue weighted by molar-refractivity contribution is -0.130. The Bertz CT molecular complexity index is 1150. The number of amides is 1. The summed E-state index contributed by atoms with van der Waals surface area (Å²) in [5, 5.41) is 9.74. The second kappa shape index (κ2) is 8.61. The van der Waals surface area contributed by atoms with Crippen LogP contribution in [0.5, 0.6) is 0 Å². The molecule has 1 aliphatic rings. The third-order valence-corrected chi connectivity index (χ3v) is 6.51. The van der Waals surface area contributed by atoms with E-state index in [1.54, 1.807) is 16.7 Å². The van der Waals surface area contributed by atoms with Gasteiger partial charge in [-0.25, -0.2) is 0 Å². The number of hydrogen-bond donors (Lipinski definition) is 0. The minimum atomic E-state index is -0.124. The molecule has 0 N–H and O–H groups in total. The quantitative estimate of drug-likeness (QED) is 0.443. The molecule has 1 atom stereocenters. The third kappa shape index (κ3) is 3.75. The summed E-state index contributed by atoms with van der Waals surface area (Å²) in [4.78, 5) is 29.8. The number of hydrogen-bond acceptors (Lipinski definition) is 6. The summed E-state index contributed by atoms with van der Waals surface area (Å²) in [6.45, 7) is 5.64. The molecule has 1 aromatic carbocycles. The van der Waals surface area contributed by atoms with E-state index in [1.807, 2.05) is 27.5 Å². The highest BCUT2D eigenvalue weighted by molar-refractivity contribution is 7.99. The summed E-state index contributed by atoms with van der Waals surface area (Å²) in [6.07, 6.45) is 3.80. The second-order valence-electron chi connectivity index (χ2n) is 7.73. The zero-order chi connectivity index (χ0) is 21.3. The maximum absolute atomic E-state index is 12.9. The molecule has 4 rings (SSSR count). The van der Waals surface area contributed by atoms with Crippen molar-refractivity contribution in [1.29, 1.82) is 0 Å². The smallest absolute Gasteiger partial charge is 0.263 e. The lowest BCUT2D eigenvalue weighted by Gasteiger charge is -2.36. The SMILES string of the molecule is C=CCn1c(=O)c2ccccc2n2c(SCC(=O)N3CCCC(N(C)C)C3)nnc12. The minimum Gasteiger partial charge on any atom is -0.340 e. The van der Waals surface area contributed by atoms with Crippen molar-refractivity contribution >= 4 is 34.3 Å². The number of carbonyl (C=O) groups is 1. The number of piperidine rings is 1. The van der Waals surface area contributed by atoms with Crippen LogP contribution >= 0.6 is 11.8 Å². The van der Waals surface area contributed by atoms with Crippen molar-refractivity contribution in [2.75, 3.05) is 32.9 Å². The van der Waals surface area contributed by atoms with Gasteiger partial charge in [-0.05, 0) is 39.1 Å². The number of thioether (sulfide) groups is 1. The first-order chi connectivity index (χ1) is 14.5. The standard InChI is InChI=1S/C21H26N6O2S/c1-4-11-26-19(29)16-9-5-6-10-17(16)27-20(26)22-23-21(27)30-14-18(28)25-12-7-8-15(13-25)24(2)3/h4-6,9-10,15H,1,7-8,11-14H2,2-3H3. The Morgan fingerprint density at radius 3 is 2.90 bits per heavy atom. The highest BCUT2D eigenvalue weighted by atomic mass is 32.2. The lowest BCUT2D eigenvalue weighted by atomic mass is 10.1. The number of para-hydroxylation sites is 1. The van der Waals surface area contributed by atoms with E-state index < -0.39 is 0 Å². The fourth-order valence-electron chi connectivity index (χ4n) is 3.94. The van der Waals surface area contributed by atoms with Crippen molar-refractivity contribution in [3.8, 4) is 0 Å². The molecular weight excluding hydrogens is 400 g/mol. The number of benzene rings is 1. The van der Waals surface area contributed by atoms with Crippen LogP contribution in [0.4, 0.5) is 0 Å². The first kappa shape index (κ1) is 20.6. The van der Waals surface area contributed by atoms with Crippen molar-refractivity contribution in [3.05, 3.63) is 47.3 Å². The van der Waals surface area contributed by atoms with Gasteiger partial charge in [0.15, 0.2) is 5.16 Å². The molecule has 1 fully saturated rings. The summed E-state index contributed by atoms with van der Waals surface area (Å²) in [5.41, 5.74) is 0.615. The largest absolute Gasteiger partial charge is 0.340 e. The van der Waals surface area contributed by atoms with Gasteiger partial charge in [-0.2, -0.15) is 0 Å². The number of aromatic nitrogens is 4. The van der Waals surface area contributed by atoms with E-state index in [4.69, 9.17) is 0 Å². The molecule has 1 aliphatic heterocycles. The van der Waals surface area contributed by atoms with Gasteiger partial charge >= 0.3 is 0 Å². The second-order valence-corrected chi connectivity index (χ2v) is 8.67. The molecule has 158 valence electrons. The van der Waals surface area contributed by atoms with Crippen molar-refractivity contribution in [3.63, 3.8) is 0 Å². The van der Waals surface area contributed by atoms with E-state index in [9.17, 15) is 9.59 Å². The zero-order valence-corrected chi connectivity index (χ0v) is 18.1. The van der Waals surface area contributed by atoms with Gasteiger partial charge in [0.2, 0.25) is 11.7 Å². The number of likely N-dealkylation sites (N-methyl/N-ethyl adjacent to an activating group) is 1. The number of allylic oxidation sites excluding steroid dienone is 1. The zero-order valence-electron chi connectivity index (χ0n) is 17.3. The fraction of sp³-hybridized carbons (Fsp3) is 0.429. The van der Waals surface area contributed by atoms with Gasteiger partial charge in [-0.15, -0.1) is 16.8 Å². The van der Waals surface area contributed by atoms with Gasteiger partial charge in [0.05, 0.1) is 16.7 Å². The molecule has 0 radical (unpaired) electrons. The van der Waals surface area contributed by atoms with Gasteiger partial charge < -0.3 is 9.80 Å². The molecule has 3 heterocycles. The summed E-state index contributed by atoms with van der Waals surface area (Å²) in [5.74, 6) is 0.849. The highest BCUT2D eigenvalue weighted by Gasteiger charge is 2.25. The van der Waals surface area contributed by atoms with Crippen molar-refractivity contribution in [2.24, 2.45) is 0 Å². The van der Waals surface area contributed by atoms with Crippen LogP contribution in [0.15, 0.2) is 46.9 Å². The molecule has 1 amide bonds. The van der Waals surface area contributed by atoms with Crippen LogP contribution < -0.4 is 5.56 Å². The van der Waals surface area contributed by atoms with E-state index in [0.717, 1.165) is 31.4 Å². The molecule has 30 heavy (non-hydrogen) atoms. The number of likely N-dealkylation sites (tertiary alicyclic amines) is 1. The number of fused-ring (bicyclic) bond motifs is 3.